The van der Waals surface area contributed by atoms with Crippen LogP contribution in [-0.4, -0.2) is 14.1 Å². The van der Waals surface area contributed by atoms with Crippen LogP contribution in [-0.2, 0) is 0 Å². The van der Waals surface area contributed by atoms with Crippen molar-refractivity contribution >= 4 is 32.7 Å². The largest absolute Gasteiger partial charge is 0.307 e. The minimum absolute atomic E-state index is 0.933. The summed E-state index contributed by atoms with van der Waals surface area (Å²) in [7, 11) is 0. The highest BCUT2D eigenvalue weighted by Gasteiger charge is 2.24. The molecule has 3 heteroatoms. The molecule has 0 bridgehead atoms. The molecule has 0 saturated heterocycles. The van der Waals surface area contributed by atoms with Gasteiger partial charge in [0.1, 0.15) is 0 Å². The van der Waals surface area contributed by atoms with Crippen molar-refractivity contribution in [2.45, 2.75) is 0 Å². The standard InChI is InChI=1S/C49H33N3/c1-4-17-34(18-5-1)38-32-43(35-19-6-2-7-20-35)50-44(33-38)37-23-16-24-39(31-37)51-47-30-15-12-27-42(47)49(48(51)36-21-8-3-9-22-36)52-45-28-13-10-25-40(45)41-26-11-14-29-46(41)52/h1-33H. The second kappa shape index (κ2) is 12.4. The van der Waals surface area contributed by atoms with Crippen LogP contribution in [0, 0.1) is 0 Å². The quantitative estimate of drug-likeness (QED) is 0.174. The van der Waals surface area contributed by atoms with E-state index >= 15 is 0 Å². The summed E-state index contributed by atoms with van der Waals surface area (Å²) in [6, 6.07) is 71.4. The number of nitrogens with zero attached hydrogens (tertiary/aromatic N) is 3. The first-order valence-corrected chi connectivity index (χ1v) is 17.7. The van der Waals surface area contributed by atoms with Gasteiger partial charge in [-0.3, -0.25) is 0 Å². The predicted octanol–water partition coefficient (Wildman–Crippen LogP) is 12.8. The minimum Gasteiger partial charge on any atom is -0.307 e. The van der Waals surface area contributed by atoms with E-state index in [1.807, 2.05) is 6.07 Å². The monoisotopic (exact) mass is 663 g/mol. The van der Waals surface area contributed by atoms with Crippen molar-refractivity contribution in [3.05, 3.63) is 200 Å². The lowest BCUT2D eigenvalue weighted by Gasteiger charge is -2.16. The van der Waals surface area contributed by atoms with Gasteiger partial charge in [0.15, 0.2) is 0 Å². The number of fused-ring (bicyclic) bond motifs is 4. The first-order chi connectivity index (χ1) is 25.8. The molecule has 0 aliphatic heterocycles. The second-order valence-electron chi connectivity index (χ2n) is 13.2. The Balaban J connectivity index is 1.25. The van der Waals surface area contributed by atoms with E-state index in [0.717, 1.165) is 56.1 Å². The molecule has 10 rings (SSSR count). The fourth-order valence-electron chi connectivity index (χ4n) is 7.78. The van der Waals surface area contributed by atoms with Crippen LogP contribution in [0.4, 0.5) is 0 Å². The summed E-state index contributed by atoms with van der Waals surface area (Å²) >= 11 is 0. The summed E-state index contributed by atoms with van der Waals surface area (Å²) in [6.07, 6.45) is 0. The Morgan fingerprint density at radius 2 is 0.769 bits per heavy atom. The highest BCUT2D eigenvalue weighted by molar-refractivity contribution is 6.12. The fourth-order valence-corrected chi connectivity index (χ4v) is 7.78. The zero-order valence-corrected chi connectivity index (χ0v) is 28.4. The van der Waals surface area contributed by atoms with Crippen LogP contribution in [0.3, 0.4) is 0 Å². The molecule has 3 nitrogen and oxygen atoms in total. The van der Waals surface area contributed by atoms with Crippen LogP contribution in [0.1, 0.15) is 0 Å². The van der Waals surface area contributed by atoms with Gasteiger partial charge in [-0.15, -0.1) is 0 Å². The Morgan fingerprint density at radius 3 is 1.38 bits per heavy atom. The predicted molar refractivity (Wildman–Crippen MR) is 217 cm³/mol. The molecule has 0 fully saturated rings. The van der Waals surface area contributed by atoms with Gasteiger partial charge in [-0.25, -0.2) is 4.98 Å². The molecule has 3 heterocycles. The molecule has 10 aromatic rings. The molecule has 0 atom stereocenters. The summed E-state index contributed by atoms with van der Waals surface area (Å²) in [5.41, 5.74) is 14.4. The van der Waals surface area contributed by atoms with Gasteiger partial charge in [0.05, 0.1) is 39.3 Å². The van der Waals surface area contributed by atoms with Crippen molar-refractivity contribution in [1.29, 1.82) is 0 Å². The van der Waals surface area contributed by atoms with Gasteiger partial charge in [-0.05, 0) is 53.6 Å². The van der Waals surface area contributed by atoms with Crippen molar-refractivity contribution < 1.29 is 0 Å². The first kappa shape index (κ1) is 29.9. The minimum atomic E-state index is 0.933. The van der Waals surface area contributed by atoms with Gasteiger partial charge in [0.2, 0.25) is 0 Å². The Labute approximate surface area is 302 Å². The zero-order chi connectivity index (χ0) is 34.4. The van der Waals surface area contributed by atoms with Gasteiger partial charge in [0.25, 0.3) is 0 Å². The number of para-hydroxylation sites is 3. The van der Waals surface area contributed by atoms with Crippen LogP contribution in [0.5, 0.6) is 0 Å². The highest BCUT2D eigenvalue weighted by atomic mass is 15.1. The maximum Gasteiger partial charge on any atom is 0.0803 e. The zero-order valence-electron chi connectivity index (χ0n) is 28.4. The molecule has 0 unspecified atom stereocenters. The summed E-state index contributed by atoms with van der Waals surface area (Å²) < 4.78 is 4.90. The lowest BCUT2D eigenvalue weighted by Crippen LogP contribution is -2.01. The van der Waals surface area contributed by atoms with Crippen LogP contribution < -0.4 is 0 Å². The van der Waals surface area contributed by atoms with E-state index in [4.69, 9.17) is 4.98 Å². The third-order valence-electron chi connectivity index (χ3n) is 10.1. The Morgan fingerprint density at radius 1 is 0.308 bits per heavy atom. The third-order valence-corrected chi connectivity index (χ3v) is 10.1. The number of aromatic nitrogens is 3. The van der Waals surface area contributed by atoms with Gasteiger partial charge in [0, 0.05) is 38.5 Å². The number of benzene rings is 7. The highest BCUT2D eigenvalue weighted by Crippen LogP contribution is 2.43. The maximum absolute atomic E-state index is 5.28. The van der Waals surface area contributed by atoms with Crippen molar-refractivity contribution in [2.75, 3.05) is 0 Å². The number of rotatable bonds is 6. The van der Waals surface area contributed by atoms with Crippen LogP contribution >= 0.6 is 0 Å². The van der Waals surface area contributed by atoms with Crippen LogP contribution in [0.25, 0.3) is 89.0 Å². The summed E-state index contributed by atoms with van der Waals surface area (Å²) in [5, 5.41) is 3.68. The number of hydrogen-bond donors (Lipinski definition) is 0. The molecule has 0 saturated carbocycles. The summed E-state index contributed by atoms with van der Waals surface area (Å²) in [4.78, 5) is 5.28. The molecular formula is C49H33N3. The van der Waals surface area contributed by atoms with E-state index in [2.05, 4.69) is 203 Å². The fraction of sp³-hybridized carbons (Fsp3) is 0. The molecule has 3 aromatic heterocycles. The molecule has 52 heavy (non-hydrogen) atoms. The molecule has 0 radical (unpaired) electrons. The molecule has 0 aliphatic carbocycles. The molecule has 0 amide bonds. The molecule has 0 aliphatic rings. The topological polar surface area (TPSA) is 22.8 Å². The van der Waals surface area contributed by atoms with E-state index in [1.165, 1.54) is 32.9 Å². The average molecular weight is 664 g/mol. The van der Waals surface area contributed by atoms with Gasteiger partial charge in [-0.2, -0.15) is 0 Å². The molecule has 7 aromatic carbocycles. The Bertz CT molecular complexity index is 2770. The van der Waals surface area contributed by atoms with Gasteiger partial charge >= 0.3 is 0 Å². The molecule has 0 spiro atoms. The van der Waals surface area contributed by atoms with E-state index in [1.54, 1.807) is 0 Å². The lowest BCUT2D eigenvalue weighted by molar-refractivity contribution is 1.10. The van der Waals surface area contributed by atoms with Crippen molar-refractivity contribution in [2.24, 2.45) is 0 Å². The van der Waals surface area contributed by atoms with Crippen molar-refractivity contribution in [3.63, 3.8) is 0 Å². The van der Waals surface area contributed by atoms with E-state index < -0.39 is 0 Å². The Kier molecular flexibility index (Phi) is 7.14. The maximum atomic E-state index is 5.28. The second-order valence-corrected chi connectivity index (χ2v) is 13.2. The van der Waals surface area contributed by atoms with E-state index in [9.17, 15) is 0 Å². The van der Waals surface area contributed by atoms with E-state index in [0.29, 0.717) is 0 Å². The van der Waals surface area contributed by atoms with Crippen molar-refractivity contribution in [3.8, 4) is 56.3 Å². The van der Waals surface area contributed by atoms with Crippen LogP contribution in [0.15, 0.2) is 200 Å². The summed E-state index contributed by atoms with van der Waals surface area (Å²) in [5.74, 6) is 0. The number of hydrogen-bond acceptors (Lipinski definition) is 1. The normalized spacial score (nSPS) is 11.5. The van der Waals surface area contributed by atoms with Gasteiger partial charge < -0.3 is 9.13 Å². The SMILES string of the molecule is c1ccc(-c2cc(-c3ccccc3)nc(-c3cccc(-n4c(-c5ccccc5)c(-n5c6ccccc6c6ccccc65)c5ccccc54)c3)c2)cc1. The third kappa shape index (κ3) is 4.94. The molecular weight excluding hydrogens is 631 g/mol. The van der Waals surface area contributed by atoms with Crippen LogP contribution in [0.2, 0.25) is 0 Å². The smallest absolute Gasteiger partial charge is 0.0803 e. The molecule has 0 N–H and O–H groups in total. The average Bonchev–Trinajstić information content (AvgIpc) is 3.74. The van der Waals surface area contributed by atoms with Gasteiger partial charge in [-0.1, -0.05) is 158 Å². The summed E-state index contributed by atoms with van der Waals surface area (Å²) in [6.45, 7) is 0. The molecule has 244 valence electrons. The lowest BCUT2D eigenvalue weighted by atomic mass is 10.00. The van der Waals surface area contributed by atoms with E-state index in [-0.39, 0.29) is 0 Å². The van der Waals surface area contributed by atoms with Crippen molar-refractivity contribution in [1.82, 2.24) is 14.1 Å². The first-order valence-electron chi connectivity index (χ1n) is 17.7. The number of pyridine rings is 1. The Hall–Kier alpha value is -6.97.